The van der Waals surface area contributed by atoms with Gasteiger partial charge in [-0.15, -0.1) is 0 Å². The second-order valence-corrected chi connectivity index (χ2v) is 11.9. The third-order valence-electron chi connectivity index (χ3n) is 5.46. The first-order valence-electron chi connectivity index (χ1n) is 9.87. The van der Waals surface area contributed by atoms with Crippen molar-refractivity contribution < 1.29 is 9.59 Å². The summed E-state index contributed by atoms with van der Waals surface area (Å²) in [6.07, 6.45) is 1.81. The summed E-state index contributed by atoms with van der Waals surface area (Å²) in [6, 6.07) is 28.4. The summed E-state index contributed by atoms with van der Waals surface area (Å²) < 4.78 is 4.99. The van der Waals surface area contributed by atoms with E-state index in [2.05, 4.69) is 65.6 Å². The van der Waals surface area contributed by atoms with Crippen LogP contribution in [0.25, 0.3) is 6.08 Å². The molecule has 0 fully saturated rings. The molecule has 5 heteroatoms. The van der Waals surface area contributed by atoms with Crippen molar-refractivity contribution in [1.82, 2.24) is 0 Å². The summed E-state index contributed by atoms with van der Waals surface area (Å²) in [6.45, 7) is 0. The van der Waals surface area contributed by atoms with Gasteiger partial charge in [-0.1, -0.05) is 0 Å². The molecule has 31 heavy (non-hydrogen) atoms. The maximum absolute atomic E-state index is 12.8. The van der Waals surface area contributed by atoms with E-state index in [1.807, 2.05) is 0 Å². The van der Waals surface area contributed by atoms with E-state index in [0.29, 0.717) is 11.1 Å². The molecule has 0 atom stereocenters. The van der Waals surface area contributed by atoms with E-state index in [1.54, 1.807) is 30.3 Å². The molecule has 0 unspecified atom stereocenters. The van der Waals surface area contributed by atoms with E-state index in [1.165, 1.54) is 24.9 Å². The number of Topliss-reactive ketones (excluding diaryl/α,β-unsaturated/α-hetero) is 2. The molecule has 2 aliphatic rings. The van der Waals surface area contributed by atoms with E-state index in [9.17, 15) is 9.59 Å². The molecule has 0 saturated carbocycles. The molecular weight excluding hydrogens is 516 g/mol. The van der Waals surface area contributed by atoms with Crippen molar-refractivity contribution in [2.75, 3.05) is 4.90 Å². The normalized spacial score (nSPS) is 14.3. The van der Waals surface area contributed by atoms with E-state index in [-0.39, 0.29) is 46.6 Å². The molecule has 0 spiro atoms. The Balaban J connectivity index is 1.43. The summed E-state index contributed by atoms with van der Waals surface area (Å²) in [5, 5.41) is 0. The molecule has 0 bridgehead atoms. The first kappa shape index (κ1) is 18.8. The zero-order valence-corrected chi connectivity index (χ0v) is 19.7. The molecule has 4 aromatic rings. The number of hydrogen-bond donors (Lipinski definition) is 0. The molecule has 1 aliphatic heterocycles. The first-order valence-corrected chi connectivity index (χ1v) is 13.3. The third kappa shape index (κ3) is 3.02. The van der Waals surface area contributed by atoms with Crippen molar-refractivity contribution in [2.24, 2.45) is 0 Å². The van der Waals surface area contributed by atoms with Gasteiger partial charge in [-0.3, -0.25) is 0 Å². The number of carbonyl (C=O) groups excluding carboxylic acids is 2. The molecule has 6 rings (SSSR count). The number of anilines is 3. The Hall–Kier alpha value is -2.94. The average Bonchev–Trinajstić information content (AvgIpc) is 3.36. The van der Waals surface area contributed by atoms with Gasteiger partial charge in [0, 0.05) is 0 Å². The second kappa shape index (κ2) is 7.33. The van der Waals surface area contributed by atoms with Crippen molar-refractivity contribution in [3.8, 4) is 0 Å². The van der Waals surface area contributed by atoms with E-state index in [0.717, 1.165) is 4.44 Å². The average molecular weight is 531 g/mol. The van der Waals surface area contributed by atoms with Crippen LogP contribution in [0.4, 0.5) is 15.9 Å². The van der Waals surface area contributed by atoms with Gasteiger partial charge in [-0.25, -0.2) is 0 Å². The van der Waals surface area contributed by atoms with Crippen molar-refractivity contribution >= 4 is 72.0 Å². The van der Waals surface area contributed by atoms with Crippen molar-refractivity contribution in [2.45, 2.75) is 0 Å². The maximum atomic E-state index is 12.8. The van der Waals surface area contributed by atoms with Crippen molar-refractivity contribution in [3.05, 3.63) is 106 Å². The van der Waals surface area contributed by atoms with Gasteiger partial charge in [0.25, 0.3) is 0 Å². The number of carbonyl (C=O) groups is 2. The zero-order valence-electron chi connectivity index (χ0n) is 16.2. The van der Waals surface area contributed by atoms with Crippen LogP contribution < -0.4 is 13.8 Å². The molecule has 3 aromatic carbocycles. The fraction of sp³-hybridized carbons (Fsp3) is 0. The summed E-state index contributed by atoms with van der Waals surface area (Å²) in [4.78, 5) is 27.9. The van der Waals surface area contributed by atoms with Crippen LogP contribution in [0, 0.1) is 0 Å². The molecule has 148 valence electrons. The summed E-state index contributed by atoms with van der Waals surface area (Å²) >= 11 is 0.273. The van der Waals surface area contributed by atoms with Crippen LogP contribution in [0.15, 0.2) is 90.5 Å². The van der Waals surface area contributed by atoms with Crippen LogP contribution in [0.1, 0.15) is 25.2 Å². The van der Waals surface area contributed by atoms with E-state index in [4.69, 9.17) is 0 Å². The Kier molecular flexibility index (Phi) is 4.45. The summed E-state index contributed by atoms with van der Waals surface area (Å²) in [7, 11) is 0. The minimum absolute atomic E-state index is 0.00705. The number of rotatable bonds is 2. The predicted octanol–water partition coefficient (Wildman–Crippen LogP) is 3.64. The van der Waals surface area contributed by atoms with Crippen LogP contribution in [-0.2, 0) is 0 Å². The molecule has 1 aromatic heterocycles. The van der Waals surface area contributed by atoms with Gasteiger partial charge < -0.3 is 0 Å². The molecule has 0 saturated heterocycles. The number of benzene rings is 3. The Bertz CT molecular complexity index is 1330. The van der Waals surface area contributed by atoms with Crippen LogP contribution in [0.2, 0.25) is 0 Å². The number of ketones is 2. The quantitative estimate of drug-likeness (QED) is 0.199. The fourth-order valence-corrected chi connectivity index (χ4v) is 8.30. The van der Waals surface area contributed by atoms with Crippen LogP contribution >= 0.6 is 0 Å². The fourth-order valence-electron chi connectivity index (χ4n) is 4.03. The van der Waals surface area contributed by atoms with Gasteiger partial charge in [-0.05, 0) is 0 Å². The third-order valence-corrected chi connectivity index (χ3v) is 9.96. The molecule has 0 amide bonds. The van der Waals surface area contributed by atoms with Gasteiger partial charge in [-0.2, -0.15) is 0 Å². The van der Waals surface area contributed by atoms with Gasteiger partial charge in [0.05, 0.1) is 0 Å². The van der Waals surface area contributed by atoms with Crippen molar-refractivity contribution in [1.29, 1.82) is 0 Å². The van der Waals surface area contributed by atoms with Crippen LogP contribution in [0.5, 0.6) is 0 Å². The Labute approximate surface area is 191 Å². The minimum atomic E-state index is -0.165. The zero-order chi connectivity index (χ0) is 20.9. The van der Waals surface area contributed by atoms with E-state index < -0.39 is 0 Å². The molecule has 0 radical (unpaired) electrons. The Morgan fingerprint density at radius 3 is 1.81 bits per heavy atom. The van der Waals surface area contributed by atoms with Crippen LogP contribution in [-0.4, -0.2) is 41.0 Å². The number of para-hydroxylation sites is 2. The molecule has 3 nitrogen and oxygen atoms in total. The number of allylic oxidation sites excluding steroid dienone is 1. The van der Waals surface area contributed by atoms with Gasteiger partial charge >= 0.3 is 193 Å². The van der Waals surface area contributed by atoms with Gasteiger partial charge in [0.1, 0.15) is 0 Å². The topological polar surface area (TPSA) is 37.4 Å². The summed E-state index contributed by atoms with van der Waals surface area (Å²) in [5.41, 5.74) is 3.78. The molecule has 1 aliphatic carbocycles. The Morgan fingerprint density at radius 2 is 1.19 bits per heavy atom. The Morgan fingerprint density at radius 1 is 0.645 bits per heavy atom. The second-order valence-electron chi connectivity index (χ2n) is 7.31. The SMILES string of the molecule is O=C1C(=Cc2ccc(N3c4ccccc4[Se]c4ccccc43)[se]2)C(=O)c2ccccc21. The molecule has 2 heterocycles. The predicted molar refractivity (Wildman–Crippen MR) is 126 cm³/mol. The van der Waals surface area contributed by atoms with E-state index >= 15 is 0 Å². The van der Waals surface area contributed by atoms with Crippen molar-refractivity contribution in [3.63, 3.8) is 0 Å². The van der Waals surface area contributed by atoms with Gasteiger partial charge in [0.2, 0.25) is 0 Å². The van der Waals surface area contributed by atoms with Crippen LogP contribution in [0.3, 0.4) is 0 Å². The first-order chi connectivity index (χ1) is 15.2. The standard InChI is InChI=1S/C26H15NO2Se2/c28-25-17-7-1-2-8-18(17)26(29)19(25)15-16-13-14-24(30-16)27-20-9-3-5-11-22(20)31-23-12-6-4-10-21(23)27/h1-15H. The number of fused-ring (bicyclic) bond motifs is 3. The molecular formula is C26H15NO2Se2. The molecule has 0 N–H and O–H groups in total. The van der Waals surface area contributed by atoms with Gasteiger partial charge in [0.15, 0.2) is 0 Å². The summed E-state index contributed by atoms with van der Waals surface area (Å²) in [5.74, 6) is -0.329. The monoisotopic (exact) mass is 533 g/mol. The number of nitrogens with zero attached hydrogens (tertiary/aromatic N) is 1. The number of hydrogen-bond acceptors (Lipinski definition) is 3.